The van der Waals surface area contributed by atoms with E-state index in [2.05, 4.69) is 10.3 Å². The number of rotatable bonds is 3. The summed E-state index contributed by atoms with van der Waals surface area (Å²) in [5.74, 6) is 0.342. The number of nitrogens with zero attached hydrogens (tertiary/aromatic N) is 3. The predicted molar refractivity (Wildman–Crippen MR) is 63.9 cm³/mol. The molecule has 1 atom stereocenters. The first-order valence-corrected chi connectivity index (χ1v) is 5.70. The lowest BCUT2D eigenvalue weighted by atomic mass is 10.1. The van der Waals surface area contributed by atoms with E-state index in [1.807, 2.05) is 6.07 Å². The topological polar surface area (TPSA) is 86.5 Å². The van der Waals surface area contributed by atoms with Gasteiger partial charge in [-0.15, -0.1) is 5.10 Å². The van der Waals surface area contributed by atoms with Crippen LogP contribution in [0.15, 0.2) is 24.4 Å². The van der Waals surface area contributed by atoms with Gasteiger partial charge in [-0.2, -0.15) is 0 Å². The highest BCUT2D eigenvalue weighted by molar-refractivity contribution is 5.73. The van der Waals surface area contributed by atoms with Crippen molar-refractivity contribution in [1.29, 1.82) is 0 Å². The lowest BCUT2D eigenvalue weighted by Gasteiger charge is -2.10. The van der Waals surface area contributed by atoms with Crippen LogP contribution in [0.3, 0.4) is 0 Å². The highest BCUT2D eigenvalue weighted by Crippen LogP contribution is 2.36. The van der Waals surface area contributed by atoms with Gasteiger partial charge in [0.1, 0.15) is 6.04 Å². The highest BCUT2D eigenvalue weighted by atomic mass is 16.7. The zero-order valence-electron chi connectivity index (χ0n) is 10.1. The molecule has 0 saturated heterocycles. The van der Waals surface area contributed by atoms with Crippen LogP contribution in [0, 0.1) is 0 Å². The maximum Gasteiger partial charge on any atom is 0.328 e. The Morgan fingerprint density at radius 1 is 1.42 bits per heavy atom. The number of carbonyl (C=O) groups is 1. The van der Waals surface area contributed by atoms with Crippen molar-refractivity contribution in [3.63, 3.8) is 0 Å². The summed E-state index contributed by atoms with van der Waals surface area (Å²) in [6.45, 7) is 1.75. The monoisotopic (exact) mass is 261 g/mol. The van der Waals surface area contributed by atoms with Crippen LogP contribution in [0.2, 0.25) is 0 Å². The molecule has 0 radical (unpaired) electrons. The average molecular weight is 261 g/mol. The summed E-state index contributed by atoms with van der Waals surface area (Å²) in [6, 6.07) is 4.59. The van der Waals surface area contributed by atoms with Gasteiger partial charge in [0.05, 0.1) is 11.9 Å². The van der Waals surface area contributed by atoms with Gasteiger partial charge in [0.2, 0.25) is 6.79 Å². The summed E-state index contributed by atoms with van der Waals surface area (Å²) in [5, 5.41) is 16.6. The summed E-state index contributed by atoms with van der Waals surface area (Å²) >= 11 is 0. The van der Waals surface area contributed by atoms with Crippen LogP contribution in [-0.2, 0) is 4.79 Å². The van der Waals surface area contributed by atoms with Gasteiger partial charge in [-0.25, -0.2) is 9.48 Å². The molecule has 7 heteroatoms. The number of aromatic nitrogens is 3. The molecule has 7 nitrogen and oxygen atoms in total. The molecule has 1 aromatic heterocycles. The maximum absolute atomic E-state index is 11.0. The van der Waals surface area contributed by atoms with Gasteiger partial charge in [-0.3, -0.25) is 0 Å². The molecule has 2 heterocycles. The van der Waals surface area contributed by atoms with Crippen LogP contribution < -0.4 is 9.47 Å². The molecule has 0 spiro atoms. The van der Waals surface area contributed by atoms with Gasteiger partial charge < -0.3 is 14.6 Å². The molecule has 0 fully saturated rings. The molecule has 3 rings (SSSR count). The molecule has 98 valence electrons. The van der Waals surface area contributed by atoms with Crippen molar-refractivity contribution in [2.24, 2.45) is 0 Å². The second-order valence-corrected chi connectivity index (χ2v) is 4.15. The molecule has 1 unspecified atom stereocenters. The SMILES string of the molecule is CC(C(=O)O)n1nncc1-c1ccc2c(c1)OCO2. The Balaban J connectivity index is 2.03. The quantitative estimate of drug-likeness (QED) is 0.896. The number of hydrogen-bond acceptors (Lipinski definition) is 5. The predicted octanol–water partition coefficient (Wildman–Crippen LogP) is 1.32. The van der Waals surface area contributed by atoms with Crippen LogP contribution in [0.25, 0.3) is 11.3 Å². The first kappa shape index (κ1) is 11.5. The molecule has 1 aliphatic heterocycles. The van der Waals surface area contributed by atoms with Gasteiger partial charge >= 0.3 is 5.97 Å². The fourth-order valence-electron chi connectivity index (χ4n) is 1.90. The fourth-order valence-corrected chi connectivity index (χ4v) is 1.90. The normalized spacial score (nSPS) is 14.4. The second-order valence-electron chi connectivity index (χ2n) is 4.15. The van der Waals surface area contributed by atoms with E-state index in [1.54, 1.807) is 19.1 Å². The molecule has 19 heavy (non-hydrogen) atoms. The van der Waals surface area contributed by atoms with Crippen LogP contribution in [0.4, 0.5) is 0 Å². The minimum absolute atomic E-state index is 0.196. The van der Waals surface area contributed by atoms with Crippen molar-refractivity contribution in [3.8, 4) is 22.8 Å². The largest absolute Gasteiger partial charge is 0.480 e. The van der Waals surface area contributed by atoms with Crippen LogP contribution >= 0.6 is 0 Å². The number of benzene rings is 1. The van der Waals surface area contributed by atoms with Gasteiger partial charge in [-0.05, 0) is 25.1 Å². The second kappa shape index (κ2) is 4.27. The average Bonchev–Trinajstić information content (AvgIpc) is 3.05. The van der Waals surface area contributed by atoms with Crippen molar-refractivity contribution in [3.05, 3.63) is 24.4 Å². The van der Waals surface area contributed by atoms with Crippen LogP contribution in [0.5, 0.6) is 11.5 Å². The summed E-state index contributed by atoms with van der Waals surface area (Å²) in [5.41, 5.74) is 1.40. The molecular formula is C12H11N3O4. The first-order chi connectivity index (χ1) is 9.16. The van der Waals surface area contributed by atoms with Crippen molar-refractivity contribution < 1.29 is 19.4 Å². The molecule has 1 aromatic carbocycles. The third-order valence-corrected chi connectivity index (χ3v) is 2.97. The fraction of sp³-hybridized carbons (Fsp3) is 0.250. The van der Waals surface area contributed by atoms with Gasteiger partial charge in [-0.1, -0.05) is 5.21 Å². The smallest absolute Gasteiger partial charge is 0.328 e. The Kier molecular flexibility index (Phi) is 2.59. The molecular weight excluding hydrogens is 250 g/mol. The van der Waals surface area contributed by atoms with Crippen molar-refractivity contribution >= 4 is 5.97 Å². The lowest BCUT2D eigenvalue weighted by Crippen LogP contribution is -2.17. The minimum atomic E-state index is -0.965. The summed E-state index contributed by atoms with van der Waals surface area (Å²) < 4.78 is 11.9. The first-order valence-electron chi connectivity index (χ1n) is 5.70. The van der Waals surface area contributed by atoms with Crippen LogP contribution in [0.1, 0.15) is 13.0 Å². The zero-order valence-corrected chi connectivity index (χ0v) is 10.1. The molecule has 0 saturated carbocycles. The molecule has 1 N–H and O–H groups in total. The number of hydrogen-bond donors (Lipinski definition) is 1. The van der Waals surface area contributed by atoms with E-state index in [0.29, 0.717) is 17.2 Å². The van der Waals surface area contributed by atoms with Crippen LogP contribution in [-0.4, -0.2) is 32.9 Å². The van der Waals surface area contributed by atoms with E-state index in [4.69, 9.17) is 14.6 Å². The van der Waals surface area contributed by atoms with E-state index in [-0.39, 0.29) is 6.79 Å². The molecule has 0 amide bonds. The van der Waals surface area contributed by atoms with E-state index in [9.17, 15) is 4.79 Å². The van der Waals surface area contributed by atoms with Gasteiger partial charge in [0, 0.05) is 5.56 Å². The van der Waals surface area contributed by atoms with Crippen molar-refractivity contribution in [2.45, 2.75) is 13.0 Å². The number of carboxylic acids is 1. The molecule has 0 bridgehead atoms. The minimum Gasteiger partial charge on any atom is -0.480 e. The molecule has 1 aliphatic rings. The van der Waals surface area contributed by atoms with Gasteiger partial charge in [0.25, 0.3) is 0 Å². The van der Waals surface area contributed by atoms with Gasteiger partial charge in [0.15, 0.2) is 11.5 Å². The Labute approximate surface area is 108 Å². The number of fused-ring (bicyclic) bond motifs is 1. The Morgan fingerprint density at radius 2 is 2.21 bits per heavy atom. The lowest BCUT2D eigenvalue weighted by molar-refractivity contribution is -0.140. The third-order valence-electron chi connectivity index (χ3n) is 2.97. The van der Waals surface area contributed by atoms with Crippen molar-refractivity contribution in [2.75, 3.05) is 6.79 Å². The molecule has 0 aliphatic carbocycles. The van der Waals surface area contributed by atoms with E-state index >= 15 is 0 Å². The summed E-state index contributed by atoms with van der Waals surface area (Å²) in [7, 11) is 0. The zero-order chi connectivity index (χ0) is 13.4. The maximum atomic E-state index is 11.0. The molecule has 2 aromatic rings. The van der Waals surface area contributed by atoms with E-state index in [1.165, 1.54) is 10.9 Å². The third kappa shape index (κ3) is 1.88. The van der Waals surface area contributed by atoms with Crippen molar-refractivity contribution in [1.82, 2.24) is 15.0 Å². The number of ether oxygens (including phenoxy) is 2. The summed E-state index contributed by atoms with van der Waals surface area (Å²) in [6.07, 6.45) is 1.52. The van der Waals surface area contributed by atoms with E-state index < -0.39 is 12.0 Å². The Hall–Kier alpha value is -2.57. The Bertz CT molecular complexity index is 638. The highest BCUT2D eigenvalue weighted by Gasteiger charge is 2.20. The Morgan fingerprint density at radius 3 is 3.00 bits per heavy atom. The standard InChI is InChI=1S/C12H11N3O4/c1-7(12(16)17)15-9(5-13-14-15)8-2-3-10-11(4-8)19-6-18-10/h2-5,7H,6H2,1H3,(H,16,17). The number of aliphatic carboxylic acids is 1. The number of carboxylic acid groups (broad SMARTS) is 1. The summed E-state index contributed by atoms with van der Waals surface area (Å²) in [4.78, 5) is 11.0. The van der Waals surface area contributed by atoms with E-state index in [0.717, 1.165) is 5.56 Å².